The minimum absolute atomic E-state index is 0. The van der Waals surface area contributed by atoms with Crippen molar-refractivity contribution in [3.05, 3.63) is 0 Å². The smallest absolute Gasteiger partial charge is 1.00 e. The first-order chi connectivity index (χ1) is 7.91. The van der Waals surface area contributed by atoms with Crippen LogP contribution in [0.1, 0.15) is 90.4 Å². The number of unbranched alkanes of at least 4 members (excludes halogenated alkanes) is 12. The largest absolute Gasteiger partial charge is 1.00 e. The first kappa shape index (κ1) is 24.2. The molecule has 0 aliphatic heterocycles. The predicted octanol–water partition coefficient (Wildman–Crippen LogP) is -0.328. The fourth-order valence-corrected chi connectivity index (χ4v) is 2.45. The minimum atomic E-state index is 0. The summed E-state index contributed by atoms with van der Waals surface area (Å²) in [6, 6.07) is 0. The fourth-order valence-electron chi connectivity index (χ4n) is 2.16. The summed E-state index contributed by atoms with van der Waals surface area (Å²) in [5, 5.41) is 1.29. The van der Waals surface area contributed by atoms with Crippen molar-refractivity contribution in [1.82, 2.24) is 0 Å². The molecule has 0 nitrogen and oxygen atoms in total. The van der Waals surface area contributed by atoms with E-state index in [-0.39, 0.29) is 24.8 Å². The van der Waals surface area contributed by atoms with Gasteiger partial charge in [-0.1, -0.05) is 19.8 Å². The minimum Gasteiger partial charge on any atom is -1.00 e. The third-order valence-electron chi connectivity index (χ3n) is 3.31. The molecule has 0 N–H and O–H groups in total. The van der Waals surface area contributed by atoms with Gasteiger partial charge in [-0.3, -0.25) is 0 Å². The van der Waals surface area contributed by atoms with Crippen molar-refractivity contribution in [2.75, 3.05) is 0 Å². The normalized spacial score (nSPS) is 9.72. The molecule has 0 saturated heterocycles. The van der Waals surface area contributed by atoms with E-state index in [0.29, 0.717) is 0 Å². The van der Waals surface area contributed by atoms with E-state index in [1.807, 2.05) is 0 Å². The molecule has 0 aliphatic carbocycles. The van der Waals surface area contributed by atoms with Crippen LogP contribution in [-0.2, 0) is 0 Å². The topological polar surface area (TPSA) is 0 Å². The van der Waals surface area contributed by atoms with E-state index < -0.39 is 0 Å². The van der Waals surface area contributed by atoms with Crippen LogP contribution in [0.4, 0.5) is 0 Å². The van der Waals surface area contributed by atoms with Crippen molar-refractivity contribution in [2.45, 2.75) is 95.7 Å². The molecule has 0 aromatic rings. The van der Waals surface area contributed by atoms with E-state index in [1.54, 1.807) is 0 Å². The zero-order chi connectivity index (χ0) is 11.9. The zero-order valence-electron chi connectivity index (χ0n) is 12.2. The average Bonchev–Trinajstić information content (AvgIpc) is 2.31. The monoisotopic (exact) mass is 308 g/mol. The maximum atomic E-state index is 2.82. The quantitative estimate of drug-likeness (QED) is 0.323. The zero-order valence-corrected chi connectivity index (χ0v) is 14.9. The van der Waals surface area contributed by atoms with E-state index >= 15 is 0 Å². The second-order valence-electron chi connectivity index (χ2n) is 5.03. The molecule has 0 amide bonds. The Morgan fingerprint density at radius 1 is 0.500 bits per heavy atom. The molecular formula is C15H31AlCl2. The number of hydrogen-bond donors (Lipinski definition) is 0. The number of hydrogen-bond acceptors (Lipinski definition) is 0. The Kier molecular flexibility index (Phi) is 31.2. The third kappa shape index (κ3) is 22.3. The van der Waals surface area contributed by atoms with Crippen LogP contribution in [-0.4, -0.2) is 16.3 Å². The Hall–Kier alpha value is 1.11. The second-order valence-corrected chi connectivity index (χ2v) is 5.61. The maximum Gasteiger partial charge on any atom is -1.00 e. The van der Waals surface area contributed by atoms with Gasteiger partial charge in [0.25, 0.3) is 0 Å². The van der Waals surface area contributed by atoms with Gasteiger partial charge >= 0.3 is 92.2 Å². The van der Waals surface area contributed by atoms with Crippen molar-refractivity contribution < 1.29 is 24.8 Å². The first-order valence-electron chi connectivity index (χ1n) is 7.62. The maximum absolute atomic E-state index is 2.82. The van der Waals surface area contributed by atoms with Crippen LogP contribution in [0.3, 0.4) is 0 Å². The molecule has 0 heterocycles. The summed E-state index contributed by atoms with van der Waals surface area (Å²) in [5.74, 6) is 0. The Labute approximate surface area is 136 Å². The third-order valence-corrected chi connectivity index (χ3v) is 3.72. The van der Waals surface area contributed by atoms with Gasteiger partial charge in [0, 0.05) is 0 Å². The van der Waals surface area contributed by atoms with Crippen LogP contribution in [0.5, 0.6) is 0 Å². The molecule has 0 spiro atoms. The van der Waals surface area contributed by atoms with E-state index in [9.17, 15) is 0 Å². The van der Waals surface area contributed by atoms with Gasteiger partial charge in [-0.15, -0.1) is 0 Å². The molecule has 108 valence electrons. The van der Waals surface area contributed by atoms with Gasteiger partial charge in [-0.25, -0.2) is 0 Å². The van der Waals surface area contributed by atoms with E-state index in [1.165, 1.54) is 88.8 Å². The van der Waals surface area contributed by atoms with Crippen LogP contribution in [0.15, 0.2) is 0 Å². The van der Waals surface area contributed by atoms with Gasteiger partial charge in [0.1, 0.15) is 0 Å². The molecule has 0 atom stereocenters. The van der Waals surface area contributed by atoms with Gasteiger partial charge in [0.05, 0.1) is 0 Å². The molecule has 0 aromatic carbocycles. The van der Waals surface area contributed by atoms with Crippen LogP contribution in [0.2, 0.25) is 5.28 Å². The van der Waals surface area contributed by atoms with Gasteiger partial charge in [-0.2, -0.15) is 0 Å². The van der Waals surface area contributed by atoms with Crippen LogP contribution in [0, 0.1) is 0 Å². The summed E-state index contributed by atoms with van der Waals surface area (Å²) < 4.78 is 0. The van der Waals surface area contributed by atoms with Gasteiger partial charge in [-0.05, 0) is 0 Å². The van der Waals surface area contributed by atoms with Crippen molar-refractivity contribution in [2.24, 2.45) is 0 Å². The van der Waals surface area contributed by atoms with E-state index in [4.69, 9.17) is 0 Å². The Morgan fingerprint density at radius 2 is 0.778 bits per heavy atom. The molecular weight excluding hydrogens is 278 g/mol. The van der Waals surface area contributed by atoms with Gasteiger partial charge < -0.3 is 24.8 Å². The molecule has 0 rings (SSSR count). The number of halogens is 2. The fraction of sp³-hybridized carbons (Fsp3) is 1.00. The van der Waals surface area contributed by atoms with Crippen LogP contribution in [0.25, 0.3) is 0 Å². The summed E-state index contributed by atoms with van der Waals surface area (Å²) in [7, 11) is 0. The van der Waals surface area contributed by atoms with E-state index in [2.05, 4.69) is 23.2 Å². The van der Waals surface area contributed by atoms with Crippen molar-refractivity contribution >= 4 is 16.3 Å². The summed E-state index contributed by atoms with van der Waals surface area (Å²) in [6.45, 7) is 2.29. The predicted molar refractivity (Wildman–Crippen MR) is 76.3 cm³/mol. The number of rotatable bonds is 13. The van der Waals surface area contributed by atoms with E-state index in [0.717, 1.165) is 0 Å². The molecule has 0 fully saturated rings. The molecule has 0 aliphatic rings. The van der Waals surface area contributed by atoms with Crippen molar-refractivity contribution in [3.8, 4) is 0 Å². The summed E-state index contributed by atoms with van der Waals surface area (Å²) >= 11 is 2.82. The Bertz CT molecular complexity index is 107. The summed E-state index contributed by atoms with van der Waals surface area (Å²) in [5.41, 5.74) is 0. The molecule has 0 bridgehead atoms. The molecule has 0 unspecified atom stereocenters. The first-order valence-corrected chi connectivity index (χ1v) is 8.43. The van der Waals surface area contributed by atoms with Crippen LogP contribution >= 0.6 is 0 Å². The van der Waals surface area contributed by atoms with Crippen molar-refractivity contribution in [3.63, 3.8) is 0 Å². The average molecular weight is 309 g/mol. The molecule has 0 aromatic heterocycles. The summed E-state index contributed by atoms with van der Waals surface area (Å²) in [4.78, 5) is 0. The van der Waals surface area contributed by atoms with Crippen LogP contribution < -0.4 is 24.8 Å². The van der Waals surface area contributed by atoms with Crippen molar-refractivity contribution in [1.29, 1.82) is 0 Å². The molecule has 0 radical (unpaired) electrons. The molecule has 0 saturated carbocycles. The SMILES string of the molecule is CCCCCCCCCCCCCC[CH2][Al+2].[Cl-].[Cl-]. The molecule has 3 heteroatoms. The second kappa shape index (κ2) is 23.2. The van der Waals surface area contributed by atoms with Gasteiger partial charge in [0.2, 0.25) is 0 Å². The Morgan fingerprint density at radius 3 is 1.06 bits per heavy atom. The Balaban J connectivity index is -0.00000112. The molecule has 18 heavy (non-hydrogen) atoms. The summed E-state index contributed by atoms with van der Waals surface area (Å²) in [6.07, 6.45) is 18.9. The standard InChI is InChI=1S/C15H31.Al.2ClH/c1-3-5-7-9-11-13-15-14-12-10-8-6-4-2;;;/h1,3-15H2,2H3;;2*1H/q;+2;;/p-2. The van der Waals surface area contributed by atoms with Gasteiger partial charge in [0.15, 0.2) is 0 Å².